The molecule has 4 N–H and O–H groups in total. The molecule has 0 aliphatic carbocycles. The third-order valence-corrected chi connectivity index (χ3v) is 2.66. The summed E-state index contributed by atoms with van der Waals surface area (Å²) in [6.07, 6.45) is 2.25. The monoisotopic (exact) mass is 304 g/mol. The predicted molar refractivity (Wildman–Crippen MR) is 77.4 cm³/mol. The molecule has 0 aliphatic heterocycles. The second kappa shape index (κ2) is 6.39. The Hall–Kier alpha value is -3.36. The maximum absolute atomic E-state index is 11.8. The van der Waals surface area contributed by atoms with Gasteiger partial charge in [0.2, 0.25) is 0 Å². The lowest BCUT2D eigenvalue weighted by Gasteiger charge is -2.05. The summed E-state index contributed by atoms with van der Waals surface area (Å²) < 4.78 is 4.89. The zero-order chi connectivity index (χ0) is 16.1. The lowest BCUT2D eigenvalue weighted by molar-refractivity contribution is 0.0954. The van der Waals surface area contributed by atoms with Crippen LogP contribution in [0.1, 0.15) is 15.9 Å². The van der Waals surface area contributed by atoms with E-state index in [1.807, 2.05) is 4.98 Å². The molecule has 1 heterocycles. The van der Waals surface area contributed by atoms with Crippen molar-refractivity contribution in [3.05, 3.63) is 56.4 Å². The molecule has 2 aromatic rings. The number of carbonyl (C=O) groups is 1. The van der Waals surface area contributed by atoms with Gasteiger partial charge in [0.15, 0.2) is 11.5 Å². The fourth-order valence-electron chi connectivity index (χ4n) is 1.56. The van der Waals surface area contributed by atoms with Gasteiger partial charge >= 0.3 is 5.69 Å². The van der Waals surface area contributed by atoms with Crippen molar-refractivity contribution in [3.8, 4) is 11.5 Å². The maximum Gasteiger partial charge on any atom is 0.325 e. The normalized spacial score (nSPS) is 10.6. The van der Waals surface area contributed by atoms with E-state index >= 15 is 0 Å². The Bertz CT molecular complexity index is 837. The first-order valence-electron chi connectivity index (χ1n) is 6.03. The van der Waals surface area contributed by atoms with Crippen LogP contribution in [0, 0.1) is 0 Å². The molecule has 0 saturated heterocycles. The summed E-state index contributed by atoms with van der Waals surface area (Å²) in [4.78, 5) is 38.4. The summed E-state index contributed by atoms with van der Waals surface area (Å²) in [6, 6.07) is 4.03. The van der Waals surface area contributed by atoms with Crippen LogP contribution in [-0.4, -0.2) is 34.3 Å². The van der Waals surface area contributed by atoms with Crippen molar-refractivity contribution < 1.29 is 14.6 Å². The van der Waals surface area contributed by atoms with Crippen LogP contribution in [0.25, 0.3) is 0 Å². The SMILES string of the molecule is COc1cc(C(=O)N/N=C/c2c[nH]c(=O)[nH]c2=O)ccc1O. The number of nitrogens with one attached hydrogen (secondary N) is 3. The number of hydrogen-bond donors (Lipinski definition) is 4. The van der Waals surface area contributed by atoms with Crippen LogP contribution in [0.3, 0.4) is 0 Å². The van der Waals surface area contributed by atoms with Crippen LogP contribution in [-0.2, 0) is 0 Å². The molecule has 0 fully saturated rings. The molecule has 1 aromatic carbocycles. The fraction of sp³-hybridized carbons (Fsp3) is 0.0769. The molecule has 0 spiro atoms. The minimum absolute atomic E-state index is 0.0724. The topological polar surface area (TPSA) is 137 Å². The number of aromatic hydroxyl groups is 1. The molecule has 0 aliphatic rings. The van der Waals surface area contributed by atoms with Crippen LogP contribution in [0.5, 0.6) is 11.5 Å². The third kappa shape index (κ3) is 3.39. The number of benzene rings is 1. The van der Waals surface area contributed by atoms with Gasteiger partial charge in [-0.05, 0) is 18.2 Å². The van der Waals surface area contributed by atoms with Crippen molar-refractivity contribution >= 4 is 12.1 Å². The number of carbonyl (C=O) groups excluding carboxylic acids is 1. The summed E-state index contributed by atoms with van der Waals surface area (Å²) in [5.41, 5.74) is 1.22. The van der Waals surface area contributed by atoms with Crippen molar-refractivity contribution in [2.75, 3.05) is 7.11 Å². The predicted octanol–water partition coefficient (Wildman–Crippen LogP) is -0.459. The van der Waals surface area contributed by atoms with Gasteiger partial charge < -0.3 is 14.8 Å². The van der Waals surface area contributed by atoms with Gasteiger partial charge in [-0.3, -0.25) is 14.6 Å². The average molecular weight is 304 g/mol. The number of rotatable bonds is 4. The molecule has 0 atom stereocenters. The summed E-state index contributed by atoms with van der Waals surface area (Å²) in [5, 5.41) is 13.1. The highest BCUT2D eigenvalue weighted by Crippen LogP contribution is 2.26. The number of ether oxygens (including phenoxy) is 1. The number of H-pyrrole nitrogens is 2. The van der Waals surface area contributed by atoms with Gasteiger partial charge in [0.25, 0.3) is 11.5 Å². The molecule has 2 rings (SSSR count). The number of phenols is 1. The zero-order valence-corrected chi connectivity index (χ0v) is 11.4. The summed E-state index contributed by atoms with van der Waals surface area (Å²) in [6.45, 7) is 0. The Morgan fingerprint density at radius 1 is 1.41 bits per heavy atom. The summed E-state index contributed by atoms with van der Waals surface area (Å²) in [7, 11) is 1.36. The van der Waals surface area contributed by atoms with Crippen molar-refractivity contribution in [2.24, 2.45) is 5.10 Å². The van der Waals surface area contributed by atoms with Crippen LogP contribution in [0.15, 0.2) is 39.1 Å². The quantitative estimate of drug-likeness (QED) is 0.447. The molecule has 0 bridgehead atoms. The number of aromatic nitrogens is 2. The maximum atomic E-state index is 11.8. The van der Waals surface area contributed by atoms with Gasteiger partial charge in [0.1, 0.15) is 0 Å². The van der Waals surface area contributed by atoms with E-state index in [0.717, 1.165) is 6.21 Å². The highest BCUT2D eigenvalue weighted by Gasteiger charge is 2.08. The summed E-state index contributed by atoms with van der Waals surface area (Å²) >= 11 is 0. The highest BCUT2D eigenvalue weighted by atomic mass is 16.5. The first kappa shape index (κ1) is 15.0. The number of aromatic amines is 2. The lowest BCUT2D eigenvalue weighted by Crippen LogP contribution is -2.25. The Balaban J connectivity index is 2.11. The van der Waals surface area contributed by atoms with E-state index in [4.69, 9.17) is 4.74 Å². The van der Waals surface area contributed by atoms with Crippen LogP contribution in [0.4, 0.5) is 0 Å². The van der Waals surface area contributed by atoms with Gasteiger partial charge in [0.05, 0.1) is 18.9 Å². The Morgan fingerprint density at radius 2 is 2.18 bits per heavy atom. The number of amides is 1. The number of phenolic OH excluding ortho intramolecular Hbond substituents is 1. The largest absolute Gasteiger partial charge is 0.504 e. The Labute approximate surface area is 123 Å². The minimum atomic E-state index is -0.637. The summed E-state index contributed by atoms with van der Waals surface area (Å²) in [5.74, 6) is -0.508. The molecule has 0 unspecified atom stereocenters. The van der Waals surface area contributed by atoms with E-state index in [1.54, 1.807) is 0 Å². The van der Waals surface area contributed by atoms with Crippen molar-refractivity contribution in [2.45, 2.75) is 0 Å². The molecule has 22 heavy (non-hydrogen) atoms. The molecular weight excluding hydrogens is 292 g/mol. The van der Waals surface area contributed by atoms with Crippen molar-refractivity contribution in [1.82, 2.24) is 15.4 Å². The molecule has 114 valence electrons. The molecule has 1 amide bonds. The van der Waals surface area contributed by atoms with Crippen LogP contribution < -0.4 is 21.4 Å². The molecule has 0 radical (unpaired) electrons. The van der Waals surface area contributed by atoms with Gasteiger partial charge in [-0.25, -0.2) is 10.2 Å². The number of hydrogen-bond acceptors (Lipinski definition) is 6. The Morgan fingerprint density at radius 3 is 2.86 bits per heavy atom. The van der Waals surface area contributed by atoms with Gasteiger partial charge in [-0.2, -0.15) is 5.10 Å². The third-order valence-electron chi connectivity index (χ3n) is 2.66. The molecular formula is C13H12N4O5. The number of nitrogens with zero attached hydrogens (tertiary/aromatic N) is 1. The first-order valence-corrected chi connectivity index (χ1v) is 6.03. The fourth-order valence-corrected chi connectivity index (χ4v) is 1.56. The number of methoxy groups -OCH3 is 1. The Kier molecular flexibility index (Phi) is 4.37. The van der Waals surface area contributed by atoms with E-state index in [1.165, 1.54) is 31.5 Å². The lowest BCUT2D eigenvalue weighted by atomic mass is 10.2. The van der Waals surface area contributed by atoms with E-state index in [9.17, 15) is 19.5 Å². The standard InChI is InChI=1S/C13H12N4O5/c1-22-10-4-7(2-3-9(10)18)12(20)17-15-6-8-5-14-13(21)16-11(8)19/h2-6,18H,1H3,(H,17,20)(H2,14,16,19,21)/b15-6+. The van der Waals surface area contributed by atoms with Gasteiger partial charge in [-0.1, -0.05) is 0 Å². The van der Waals surface area contributed by atoms with E-state index < -0.39 is 17.2 Å². The van der Waals surface area contributed by atoms with Gasteiger partial charge in [-0.15, -0.1) is 0 Å². The molecule has 0 saturated carbocycles. The molecule has 9 heteroatoms. The van der Waals surface area contributed by atoms with Gasteiger partial charge in [0, 0.05) is 11.8 Å². The molecule has 1 aromatic heterocycles. The second-order valence-corrected chi connectivity index (χ2v) is 4.11. The number of hydrazone groups is 1. The van der Waals surface area contributed by atoms with E-state index in [2.05, 4.69) is 15.5 Å². The van der Waals surface area contributed by atoms with Crippen LogP contribution >= 0.6 is 0 Å². The zero-order valence-electron chi connectivity index (χ0n) is 11.4. The van der Waals surface area contributed by atoms with Crippen molar-refractivity contribution in [3.63, 3.8) is 0 Å². The minimum Gasteiger partial charge on any atom is -0.504 e. The second-order valence-electron chi connectivity index (χ2n) is 4.11. The highest BCUT2D eigenvalue weighted by molar-refractivity contribution is 5.95. The average Bonchev–Trinajstić information content (AvgIpc) is 2.49. The van der Waals surface area contributed by atoms with E-state index in [-0.39, 0.29) is 22.6 Å². The first-order chi connectivity index (χ1) is 10.5. The molecule has 9 nitrogen and oxygen atoms in total. The van der Waals surface area contributed by atoms with Crippen LogP contribution in [0.2, 0.25) is 0 Å². The van der Waals surface area contributed by atoms with Crippen molar-refractivity contribution in [1.29, 1.82) is 0 Å². The van der Waals surface area contributed by atoms with E-state index in [0.29, 0.717) is 0 Å². The smallest absolute Gasteiger partial charge is 0.325 e.